The molecule has 0 saturated carbocycles. The van der Waals surface area contributed by atoms with E-state index < -0.39 is 10.0 Å². The molecule has 0 aliphatic rings. The van der Waals surface area contributed by atoms with Crippen molar-refractivity contribution in [3.8, 4) is 0 Å². The van der Waals surface area contributed by atoms with E-state index in [4.69, 9.17) is 5.73 Å². The molecule has 20 heavy (non-hydrogen) atoms. The SMILES string of the molecule is CSC(C)(C)CNS(=O)(=O)c1c(C)c(C)cc(N)c1C. The fraction of sp³-hybridized carbons (Fsp3) is 0.571. The van der Waals surface area contributed by atoms with E-state index in [1.165, 1.54) is 0 Å². The first-order chi connectivity index (χ1) is 9.02. The number of hydrogen-bond donors (Lipinski definition) is 2. The fourth-order valence-electron chi connectivity index (χ4n) is 1.86. The molecule has 0 unspecified atom stereocenters. The van der Waals surface area contributed by atoms with E-state index in [9.17, 15) is 8.42 Å². The molecule has 1 aromatic rings. The molecule has 0 aliphatic carbocycles. The summed E-state index contributed by atoms with van der Waals surface area (Å²) in [6.07, 6.45) is 1.97. The van der Waals surface area contributed by atoms with E-state index in [2.05, 4.69) is 4.72 Å². The van der Waals surface area contributed by atoms with Gasteiger partial charge in [-0.15, -0.1) is 0 Å². The molecular formula is C14H24N2O2S2. The summed E-state index contributed by atoms with van der Waals surface area (Å²) >= 11 is 1.63. The van der Waals surface area contributed by atoms with Gasteiger partial charge in [-0.3, -0.25) is 0 Å². The zero-order valence-corrected chi connectivity index (χ0v) is 14.6. The number of nitrogens with two attached hydrogens (primary N) is 1. The fourth-order valence-corrected chi connectivity index (χ4v) is 3.95. The molecule has 0 bridgehead atoms. The van der Waals surface area contributed by atoms with Crippen LogP contribution in [0.5, 0.6) is 0 Å². The van der Waals surface area contributed by atoms with Gasteiger partial charge in [-0.05, 0) is 63.6 Å². The second kappa shape index (κ2) is 5.95. The zero-order chi connectivity index (χ0) is 15.7. The van der Waals surface area contributed by atoms with Crippen LogP contribution in [0.25, 0.3) is 0 Å². The van der Waals surface area contributed by atoms with E-state index in [0.29, 0.717) is 22.7 Å². The van der Waals surface area contributed by atoms with Crippen molar-refractivity contribution in [2.45, 2.75) is 44.3 Å². The van der Waals surface area contributed by atoms with Crippen molar-refractivity contribution >= 4 is 27.5 Å². The Labute approximate surface area is 126 Å². The van der Waals surface area contributed by atoms with E-state index in [-0.39, 0.29) is 4.75 Å². The van der Waals surface area contributed by atoms with Gasteiger partial charge >= 0.3 is 0 Å². The van der Waals surface area contributed by atoms with Crippen LogP contribution in [0.15, 0.2) is 11.0 Å². The Morgan fingerprint density at radius 1 is 1.25 bits per heavy atom. The highest BCUT2D eigenvalue weighted by Crippen LogP contribution is 2.28. The van der Waals surface area contributed by atoms with Gasteiger partial charge in [-0.2, -0.15) is 11.8 Å². The van der Waals surface area contributed by atoms with Gasteiger partial charge in [0, 0.05) is 17.0 Å². The van der Waals surface area contributed by atoms with Crippen molar-refractivity contribution in [2.24, 2.45) is 0 Å². The molecule has 0 aliphatic heterocycles. The van der Waals surface area contributed by atoms with Crippen molar-refractivity contribution < 1.29 is 8.42 Å². The Hall–Kier alpha value is -0.720. The number of hydrogen-bond acceptors (Lipinski definition) is 4. The molecule has 1 aromatic carbocycles. The minimum atomic E-state index is -3.55. The van der Waals surface area contributed by atoms with Crippen LogP contribution < -0.4 is 10.5 Å². The predicted octanol–water partition coefficient (Wildman–Crippen LogP) is 2.61. The highest BCUT2D eigenvalue weighted by molar-refractivity contribution is 8.00. The molecule has 0 atom stereocenters. The molecule has 0 aromatic heterocycles. The second-order valence-electron chi connectivity index (χ2n) is 5.65. The maximum absolute atomic E-state index is 12.6. The molecule has 4 nitrogen and oxygen atoms in total. The summed E-state index contributed by atoms with van der Waals surface area (Å²) in [5.41, 5.74) is 8.67. The standard InChI is InChI=1S/C14H24N2O2S2/c1-9-7-12(15)11(3)13(10(9)2)20(17,18)16-8-14(4,5)19-6/h7,16H,8,15H2,1-6H3. The minimum Gasteiger partial charge on any atom is -0.398 e. The Kier molecular flexibility index (Phi) is 5.16. The normalized spacial score (nSPS) is 12.7. The molecule has 0 spiro atoms. The highest BCUT2D eigenvalue weighted by atomic mass is 32.2. The molecule has 0 heterocycles. The lowest BCUT2D eigenvalue weighted by molar-refractivity contribution is 0.569. The maximum Gasteiger partial charge on any atom is 0.241 e. The molecule has 0 amide bonds. The first-order valence-corrected chi connectivity index (χ1v) is 9.13. The zero-order valence-electron chi connectivity index (χ0n) is 13.0. The van der Waals surface area contributed by atoms with E-state index in [1.807, 2.05) is 40.0 Å². The van der Waals surface area contributed by atoms with Gasteiger partial charge in [0.15, 0.2) is 0 Å². The molecule has 0 saturated heterocycles. The van der Waals surface area contributed by atoms with E-state index in [0.717, 1.165) is 11.1 Å². The van der Waals surface area contributed by atoms with Crippen molar-refractivity contribution in [3.05, 3.63) is 22.8 Å². The second-order valence-corrected chi connectivity index (χ2v) is 8.87. The number of thioether (sulfide) groups is 1. The number of nitrogen functional groups attached to an aromatic ring is 1. The summed E-state index contributed by atoms with van der Waals surface area (Å²) < 4.78 is 27.7. The first kappa shape index (κ1) is 17.3. The number of rotatable bonds is 5. The Balaban J connectivity index is 3.24. The Morgan fingerprint density at radius 2 is 1.80 bits per heavy atom. The number of nitrogens with one attached hydrogen (secondary N) is 1. The van der Waals surface area contributed by atoms with Crippen LogP contribution in [0.1, 0.15) is 30.5 Å². The van der Waals surface area contributed by atoms with Crippen LogP contribution in [-0.2, 0) is 10.0 Å². The number of sulfonamides is 1. The van der Waals surface area contributed by atoms with E-state index >= 15 is 0 Å². The largest absolute Gasteiger partial charge is 0.398 e. The van der Waals surface area contributed by atoms with Gasteiger partial charge in [-0.1, -0.05) is 0 Å². The van der Waals surface area contributed by atoms with Crippen LogP contribution in [0.2, 0.25) is 0 Å². The summed E-state index contributed by atoms with van der Waals surface area (Å²) in [4.78, 5) is 0.312. The monoisotopic (exact) mass is 316 g/mol. The minimum absolute atomic E-state index is 0.149. The van der Waals surface area contributed by atoms with Crippen LogP contribution in [0.4, 0.5) is 5.69 Å². The molecule has 0 fully saturated rings. The quantitative estimate of drug-likeness (QED) is 0.819. The van der Waals surface area contributed by atoms with Crippen LogP contribution >= 0.6 is 11.8 Å². The lowest BCUT2D eigenvalue weighted by atomic mass is 10.1. The summed E-state index contributed by atoms with van der Waals surface area (Å²) in [5.74, 6) is 0. The van der Waals surface area contributed by atoms with Gasteiger partial charge in [0.05, 0.1) is 4.90 Å². The highest BCUT2D eigenvalue weighted by Gasteiger charge is 2.25. The van der Waals surface area contributed by atoms with Gasteiger partial charge in [0.25, 0.3) is 0 Å². The van der Waals surface area contributed by atoms with Gasteiger partial charge in [-0.25, -0.2) is 13.1 Å². The topological polar surface area (TPSA) is 72.2 Å². The maximum atomic E-state index is 12.6. The Morgan fingerprint density at radius 3 is 2.30 bits per heavy atom. The summed E-state index contributed by atoms with van der Waals surface area (Å²) in [6.45, 7) is 9.82. The lowest BCUT2D eigenvalue weighted by Crippen LogP contribution is -2.36. The van der Waals surface area contributed by atoms with Crippen molar-refractivity contribution in [2.75, 3.05) is 18.5 Å². The van der Waals surface area contributed by atoms with Crippen LogP contribution in [0, 0.1) is 20.8 Å². The third-order valence-electron chi connectivity index (χ3n) is 3.59. The number of aryl methyl sites for hydroxylation is 1. The smallest absolute Gasteiger partial charge is 0.241 e. The number of benzene rings is 1. The van der Waals surface area contributed by atoms with Crippen LogP contribution in [0.3, 0.4) is 0 Å². The molecular weight excluding hydrogens is 292 g/mol. The first-order valence-electron chi connectivity index (χ1n) is 6.43. The predicted molar refractivity (Wildman–Crippen MR) is 87.8 cm³/mol. The summed E-state index contributed by atoms with van der Waals surface area (Å²) in [6, 6.07) is 1.81. The third-order valence-corrected chi connectivity index (χ3v) is 6.51. The summed E-state index contributed by atoms with van der Waals surface area (Å²) in [7, 11) is -3.55. The molecule has 114 valence electrons. The lowest BCUT2D eigenvalue weighted by Gasteiger charge is -2.23. The number of anilines is 1. The molecule has 1 rings (SSSR count). The van der Waals surface area contributed by atoms with Crippen molar-refractivity contribution in [1.82, 2.24) is 4.72 Å². The Bertz CT molecular complexity index is 582. The van der Waals surface area contributed by atoms with Gasteiger partial charge < -0.3 is 5.73 Å². The molecule has 6 heteroatoms. The van der Waals surface area contributed by atoms with Crippen LogP contribution in [-0.4, -0.2) is 26.0 Å². The average molecular weight is 316 g/mol. The summed E-state index contributed by atoms with van der Waals surface area (Å²) in [5, 5.41) is 0. The van der Waals surface area contributed by atoms with Crippen molar-refractivity contribution in [3.63, 3.8) is 0 Å². The van der Waals surface area contributed by atoms with Crippen molar-refractivity contribution in [1.29, 1.82) is 0 Å². The molecule has 3 N–H and O–H groups in total. The third kappa shape index (κ3) is 3.68. The van der Waals surface area contributed by atoms with Gasteiger partial charge in [0.2, 0.25) is 10.0 Å². The average Bonchev–Trinajstić information content (AvgIpc) is 2.34. The molecule has 0 radical (unpaired) electrons. The van der Waals surface area contributed by atoms with Gasteiger partial charge in [0.1, 0.15) is 0 Å². The van der Waals surface area contributed by atoms with E-state index in [1.54, 1.807) is 18.7 Å².